The van der Waals surface area contributed by atoms with Crippen molar-refractivity contribution in [3.05, 3.63) is 69.7 Å². The minimum absolute atomic E-state index is 0.0884. The fraction of sp³-hybridized carbons (Fsp3) is 0.304. The van der Waals surface area contributed by atoms with Crippen LogP contribution in [0.5, 0.6) is 5.75 Å². The first kappa shape index (κ1) is 20.6. The average Bonchev–Trinajstić information content (AvgIpc) is 3.36. The maximum Gasteiger partial charge on any atom is 0.295 e. The number of likely N-dealkylation sites (tertiary alicyclic amines) is 1. The quantitative estimate of drug-likeness (QED) is 0.404. The highest BCUT2D eigenvalue weighted by atomic mass is 79.9. The van der Waals surface area contributed by atoms with Gasteiger partial charge >= 0.3 is 0 Å². The third-order valence-corrected chi connectivity index (χ3v) is 6.04. The van der Waals surface area contributed by atoms with Crippen LogP contribution in [0.1, 0.15) is 30.0 Å². The van der Waals surface area contributed by atoms with Crippen LogP contribution in [-0.2, 0) is 14.3 Å². The van der Waals surface area contributed by atoms with E-state index in [1.54, 1.807) is 31.4 Å². The molecule has 0 aromatic heterocycles. The molecular weight excluding hydrogens is 450 g/mol. The highest BCUT2D eigenvalue weighted by Crippen LogP contribution is 2.40. The minimum atomic E-state index is -0.686. The van der Waals surface area contributed by atoms with E-state index >= 15 is 0 Å². The van der Waals surface area contributed by atoms with Crippen LogP contribution in [0.2, 0.25) is 0 Å². The molecule has 2 atom stereocenters. The number of halogens is 1. The summed E-state index contributed by atoms with van der Waals surface area (Å²) in [4.78, 5) is 27.5. The van der Waals surface area contributed by atoms with Gasteiger partial charge in [0.05, 0.1) is 24.8 Å². The van der Waals surface area contributed by atoms with Gasteiger partial charge in [0.2, 0.25) is 0 Å². The number of nitrogens with zero attached hydrogens (tertiary/aromatic N) is 1. The van der Waals surface area contributed by atoms with Crippen LogP contribution in [0, 0.1) is 0 Å². The number of aliphatic hydroxyl groups is 1. The molecule has 0 spiro atoms. The summed E-state index contributed by atoms with van der Waals surface area (Å²) < 4.78 is 11.7. The molecule has 0 radical (unpaired) electrons. The first-order valence-electron chi connectivity index (χ1n) is 9.79. The number of ether oxygens (including phenoxy) is 2. The topological polar surface area (TPSA) is 76.1 Å². The molecule has 0 saturated carbocycles. The normalized spacial score (nSPS) is 23.2. The second-order valence-corrected chi connectivity index (χ2v) is 8.28. The number of ketones is 1. The number of Topliss-reactive ketones (excluding diaryl/α,β-unsaturated/α-hetero) is 1. The molecule has 2 heterocycles. The fourth-order valence-electron chi connectivity index (χ4n) is 3.97. The first-order chi connectivity index (χ1) is 14.5. The molecule has 2 saturated heterocycles. The second-order valence-electron chi connectivity index (χ2n) is 7.37. The van der Waals surface area contributed by atoms with Crippen LogP contribution in [0.4, 0.5) is 0 Å². The van der Waals surface area contributed by atoms with Crippen molar-refractivity contribution in [3.63, 3.8) is 0 Å². The Kier molecular flexibility index (Phi) is 5.92. The van der Waals surface area contributed by atoms with Gasteiger partial charge in [-0.15, -0.1) is 0 Å². The summed E-state index contributed by atoms with van der Waals surface area (Å²) in [5.74, 6) is -0.865. The molecular formula is C23H22BrNO5. The Labute approximate surface area is 183 Å². The third kappa shape index (κ3) is 3.87. The number of methoxy groups -OCH3 is 1. The molecule has 2 aliphatic rings. The number of amides is 1. The summed E-state index contributed by atoms with van der Waals surface area (Å²) in [5.41, 5.74) is 1.30. The number of carbonyl (C=O) groups is 2. The highest BCUT2D eigenvalue weighted by Gasteiger charge is 2.47. The molecule has 1 N–H and O–H groups in total. The Bertz CT molecular complexity index is 978. The van der Waals surface area contributed by atoms with Gasteiger partial charge in [0.15, 0.2) is 0 Å². The SMILES string of the molecule is COc1ccc(C(O)=C2C(=O)C(=O)N(C[C@H]3CCCO3)[C@@H]2c2ccc(Br)cc2)cc1. The van der Waals surface area contributed by atoms with E-state index in [0.717, 1.165) is 22.9 Å². The Morgan fingerprint density at radius 3 is 2.47 bits per heavy atom. The van der Waals surface area contributed by atoms with Gasteiger partial charge in [0, 0.05) is 23.2 Å². The zero-order valence-electron chi connectivity index (χ0n) is 16.5. The summed E-state index contributed by atoms with van der Waals surface area (Å²) in [6.07, 6.45) is 1.67. The van der Waals surface area contributed by atoms with Crippen molar-refractivity contribution in [3.8, 4) is 5.75 Å². The summed E-state index contributed by atoms with van der Waals surface area (Å²) in [6.45, 7) is 0.966. The van der Waals surface area contributed by atoms with Crippen molar-refractivity contribution >= 4 is 33.4 Å². The molecule has 7 heteroatoms. The molecule has 4 rings (SSSR count). The van der Waals surface area contributed by atoms with Gasteiger partial charge in [-0.05, 0) is 54.8 Å². The van der Waals surface area contributed by atoms with E-state index in [0.29, 0.717) is 24.5 Å². The zero-order chi connectivity index (χ0) is 21.3. The van der Waals surface area contributed by atoms with Crippen molar-refractivity contribution in [2.24, 2.45) is 0 Å². The van der Waals surface area contributed by atoms with Crippen LogP contribution < -0.4 is 4.74 Å². The predicted octanol–water partition coefficient (Wildman–Crippen LogP) is 4.06. The minimum Gasteiger partial charge on any atom is -0.507 e. The largest absolute Gasteiger partial charge is 0.507 e. The molecule has 2 aliphatic heterocycles. The van der Waals surface area contributed by atoms with Crippen LogP contribution in [0.3, 0.4) is 0 Å². The van der Waals surface area contributed by atoms with Gasteiger partial charge in [-0.1, -0.05) is 28.1 Å². The number of hydrogen-bond donors (Lipinski definition) is 1. The molecule has 1 amide bonds. The average molecular weight is 472 g/mol. The molecule has 2 fully saturated rings. The van der Waals surface area contributed by atoms with Gasteiger partial charge in [-0.3, -0.25) is 9.59 Å². The zero-order valence-corrected chi connectivity index (χ0v) is 18.1. The predicted molar refractivity (Wildman–Crippen MR) is 115 cm³/mol. The summed E-state index contributed by atoms with van der Waals surface area (Å²) >= 11 is 3.42. The molecule has 0 unspecified atom stereocenters. The Morgan fingerprint density at radius 2 is 1.87 bits per heavy atom. The molecule has 30 heavy (non-hydrogen) atoms. The third-order valence-electron chi connectivity index (χ3n) is 5.51. The number of rotatable bonds is 5. The monoisotopic (exact) mass is 471 g/mol. The maximum absolute atomic E-state index is 13.0. The van der Waals surface area contributed by atoms with Crippen LogP contribution in [0.15, 0.2) is 58.6 Å². The number of benzene rings is 2. The van der Waals surface area contributed by atoms with Crippen LogP contribution in [0.25, 0.3) is 5.76 Å². The molecule has 0 bridgehead atoms. The lowest BCUT2D eigenvalue weighted by atomic mass is 9.95. The van der Waals surface area contributed by atoms with Crippen molar-refractivity contribution < 1.29 is 24.2 Å². The summed E-state index contributed by atoms with van der Waals surface area (Å²) in [5, 5.41) is 11.0. The molecule has 6 nitrogen and oxygen atoms in total. The molecule has 2 aromatic carbocycles. The van der Waals surface area contributed by atoms with Crippen LogP contribution >= 0.6 is 15.9 Å². The standard InChI is InChI=1S/C23H22BrNO5/c1-29-17-10-6-15(7-11-17)21(26)19-20(14-4-8-16(24)9-5-14)25(23(28)22(19)27)13-18-3-2-12-30-18/h4-11,18,20,26H,2-3,12-13H2,1H3/t18-,20-/m1/s1. The van der Waals surface area contributed by atoms with Crippen LogP contribution in [-0.4, -0.2) is 48.1 Å². The number of aliphatic hydroxyl groups excluding tert-OH is 1. The van der Waals surface area contributed by atoms with E-state index in [4.69, 9.17) is 9.47 Å². The van der Waals surface area contributed by atoms with Gasteiger partial charge in [-0.25, -0.2) is 0 Å². The highest BCUT2D eigenvalue weighted by molar-refractivity contribution is 9.10. The number of carbonyl (C=O) groups excluding carboxylic acids is 2. The van der Waals surface area contributed by atoms with E-state index in [1.807, 2.05) is 24.3 Å². The van der Waals surface area contributed by atoms with E-state index in [2.05, 4.69) is 15.9 Å². The molecule has 2 aromatic rings. The van der Waals surface area contributed by atoms with Gasteiger partial charge in [0.1, 0.15) is 11.5 Å². The molecule has 156 valence electrons. The van der Waals surface area contributed by atoms with E-state index < -0.39 is 17.7 Å². The second kappa shape index (κ2) is 8.62. The van der Waals surface area contributed by atoms with Crippen molar-refractivity contribution in [1.29, 1.82) is 0 Å². The fourth-order valence-corrected chi connectivity index (χ4v) is 4.24. The van der Waals surface area contributed by atoms with E-state index in [-0.39, 0.29) is 17.4 Å². The van der Waals surface area contributed by atoms with Gasteiger partial charge < -0.3 is 19.5 Å². The van der Waals surface area contributed by atoms with Gasteiger partial charge in [-0.2, -0.15) is 0 Å². The lowest BCUT2D eigenvalue weighted by Gasteiger charge is -2.27. The number of hydrogen-bond acceptors (Lipinski definition) is 5. The smallest absolute Gasteiger partial charge is 0.295 e. The Hall–Kier alpha value is -2.64. The van der Waals surface area contributed by atoms with Gasteiger partial charge in [0.25, 0.3) is 11.7 Å². The summed E-state index contributed by atoms with van der Waals surface area (Å²) in [6, 6.07) is 13.5. The molecule has 0 aliphatic carbocycles. The first-order valence-corrected chi connectivity index (χ1v) is 10.6. The van der Waals surface area contributed by atoms with E-state index in [9.17, 15) is 14.7 Å². The van der Waals surface area contributed by atoms with Crippen molar-refractivity contribution in [2.75, 3.05) is 20.3 Å². The lowest BCUT2D eigenvalue weighted by molar-refractivity contribution is -0.140. The maximum atomic E-state index is 13.0. The summed E-state index contributed by atoms with van der Waals surface area (Å²) in [7, 11) is 1.55. The Morgan fingerprint density at radius 1 is 1.17 bits per heavy atom. The van der Waals surface area contributed by atoms with Crippen molar-refractivity contribution in [2.45, 2.75) is 25.0 Å². The van der Waals surface area contributed by atoms with E-state index in [1.165, 1.54) is 4.90 Å². The Balaban J connectivity index is 1.80. The van der Waals surface area contributed by atoms with Crippen molar-refractivity contribution in [1.82, 2.24) is 4.90 Å². The lowest BCUT2D eigenvalue weighted by Crippen LogP contribution is -2.36.